The van der Waals surface area contributed by atoms with Gasteiger partial charge >= 0.3 is 5.97 Å². The summed E-state index contributed by atoms with van der Waals surface area (Å²) in [5, 5.41) is 0. The van der Waals surface area contributed by atoms with Crippen molar-refractivity contribution in [3.63, 3.8) is 0 Å². The van der Waals surface area contributed by atoms with Crippen molar-refractivity contribution in [3.8, 4) is 0 Å². The lowest BCUT2D eigenvalue weighted by Crippen LogP contribution is -2.48. The van der Waals surface area contributed by atoms with Crippen LogP contribution in [-0.2, 0) is 19.1 Å². The van der Waals surface area contributed by atoms with E-state index in [-0.39, 0.29) is 5.91 Å². The molecule has 1 rings (SSSR count). The summed E-state index contributed by atoms with van der Waals surface area (Å²) < 4.78 is 9.84. The van der Waals surface area contributed by atoms with Gasteiger partial charge in [-0.15, -0.1) is 0 Å². The Morgan fingerprint density at radius 1 is 1.50 bits per heavy atom. The molecule has 0 aliphatic carbocycles. The second-order valence-corrected chi connectivity index (χ2v) is 3.83. The number of unbranched alkanes of at least 4 members (excludes halogenated alkanes) is 1. The molecule has 1 aliphatic rings. The van der Waals surface area contributed by atoms with Crippen LogP contribution < -0.4 is 0 Å². The molecule has 5 nitrogen and oxygen atoms in total. The number of amides is 1. The van der Waals surface area contributed by atoms with Crippen molar-refractivity contribution in [3.05, 3.63) is 0 Å². The number of hydrogen-bond acceptors (Lipinski definition) is 4. The number of rotatable bonds is 4. The van der Waals surface area contributed by atoms with E-state index in [9.17, 15) is 9.59 Å². The van der Waals surface area contributed by atoms with Crippen LogP contribution in [0.5, 0.6) is 0 Å². The molecular formula is C11H19NO4. The van der Waals surface area contributed by atoms with E-state index >= 15 is 0 Å². The molecule has 1 amide bonds. The molecule has 0 aromatic heterocycles. The van der Waals surface area contributed by atoms with E-state index in [1.165, 1.54) is 7.11 Å². The quantitative estimate of drug-likeness (QED) is 0.662. The summed E-state index contributed by atoms with van der Waals surface area (Å²) in [5.41, 5.74) is 0. The average molecular weight is 229 g/mol. The molecule has 16 heavy (non-hydrogen) atoms. The number of esters is 1. The summed E-state index contributed by atoms with van der Waals surface area (Å²) in [6.07, 6.45) is 1.81. The average Bonchev–Trinajstić information content (AvgIpc) is 2.35. The van der Waals surface area contributed by atoms with Crippen molar-refractivity contribution in [2.24, 2.45) is 0 Å². The summed E-state index contributed by atoms with van der Waals surface area (Å²) in [6.45, 7) is 3.33. The Bertz CT molecular complexity index is 254. The normalized spacial score (nSPS) is 20.6. The molecule has 0 saturated carbocycles. The van der Waals surface area contributed by atoms with Crippen LogP contribution in [0.3, 0.4) is 0 Å². The standard InChI is InChI=1S/C11H19NO4/c1-3-4-5-10(13)12-6-7-16-9(8-12)11(14)15-2/h9H,3-8H2,1-2H3. The zero-order chi connectivity index (χ0) is 12.0. The molecule has 0 aromatic carbocycles. The van der Waals surface area contributed by atoms with Crippen LogP contribution in [0.25, 0.3) is 0 Å². The van der Waals surface area contributed by atoms with E-state index < -0.39 is 12.1 Å². The van der Waals surface area contributed by atoms with Crippen LogP contribution in [0.15, 0.2) is 0 Å². The molecule has 0 aromatic rings. The monoisotopic (exact) mass is 229 g/mol. The number of morpholine rings is 1. The highest BCUT2D eigenvalue weighted by Crippen LogP contribution is 2.09. The maximum absolute atomic E-state index is 11.7. The maximum atomic E-state index is 11.7. The third-order valence-corrected chi connectivity index (χ3v) is 2.63. The Hall–Kier alpha value is -1.10. The summed E-state index contributed by atoms with van der Waals surface area (Å²) >= 11 is 0. The Kier molecular flexibility index (Phi) is 5.25. The molecule has 0 radical (unpaired) electrons. The van der Waals surface area contributed by atoms with Gasteiger partial charge < -0.3 is 14.4 Å². The molecule has 1 aliphatic heterocycles. The summed E-state index contributed by atoms with van der Waals surface area (Å²) in [6, 6.07) is 0. The fourth-order valence-electron chi connectivity index (χ4n) is 1.64. The number of carbonyl (C=O) groups excluding carboxylic acids is 2. The number of carbonyl (C=O) groups is 2. The number of nitrogens with zero attached hydrogens (tertiary/aromatic N) is 1. The SMILES string of the molecule is CCCCC(=O)N1CCOC(C(=O)OC)C1. The highest BCUT2D eigenvalue weighted by Gasteiger charge is 2.29. The fraction of sp³-hybridized carbons (Fsp3) is 0.818. The van der Waals surface area contributed by atoms with Gasteiger partial charge in [0.1, 0.15) is 0 Å². The first kappa shape index (κ1) is 13.0. The number of methoxy groups -OCH3 is 1. The van der Waals surface area contributed by atoms with Gasteiger partial charge in [0.05, 0.1) is 20.3 Å². The smallest absolute Gasteiger partial charge is 0.336 e. The van der Waals surface area contributed by atoms with Crippen LogP contribution >= 0.6 is 0 Å². The van der Waals surface area contributed by atoms with Gasteiger partial charge in [0, 0.05) is 13.0 Å². The first-order chi connectivity index (χ1) is 7.69. The largest absolute Gasteiger partial charge is 0.467 e. The van der Waals surface area contributed by atoms with Crippen molar-refractivity contribution in [2.45, 2.75) is 32.3 Å². The Morgan fingerprint density at radius 2 is 2.25 bits per heavy atom. The van der Waals surface area contributed by atoms with E-state index in [1.54, 1.807) is 4.90 Å². The second kappa shape index (κ2) is 6.48. The Labute approximate surface area is 95.7 Å². The first-order valence-electron chi connectivity index (χ1n) is 5.66. The van der Waals surface area contributed by atoms with Gasteiger partial charge in [-0.3, -0.25) is 4.79 Å². The molecule has 0 bridgehead atoms. The highest BCUT2D eigenvalue weighted by molar-refractivity contribution is 5.79. The van der Waals surface area contributed by atoms with E-state index in [2.05, 4.69) is 4.74 Å². The minimum absolute atomic E-state index is 0.0963. The van der Waals surface area contributed by atoms with Crippen molar-refractivity contribution < 1.29 is 19.1 Å². The van der Waals surface area contributed by atoms with Crippen molar-refractivity contribution in [2.75, 3.05) is 26.8 Å². The second-order valence-electron chi connectivity index (χ2n) is 3.83. The number of ether oxygens (including phenoxy) is 2. The molecule has 1 fully saturated rings. The molecule has 1 saturated heterocycles. The van der Waals surface area contributed by atoms with Gasteiger partial charge in [-0.05, 0) is 6.42 Å². The van der Waals surface area contributed by atoms with Crippen LogP contribution in [0.1, 0.15) is 26.2 Å². The van der Waals surface area contributed by atoms with Gasteiger partial charge in [-0.2, -0.15) is 0 Å². The van der Waals surface area contributed by atoms with Crippen molar-refractivity contribution in [1.82, 2.24) is 4.90 Å². The van der Waals surface area contributed by atoms with Crippen molar-refractivity contribution in [1.29, 1.82) is 0 Å². The lowest BCUT2D eigenvalue weighted by molar-refractivity contribution is -0.162. The highest BCUT2D eigenvalue weighted by atomic mass is 16.6. The van der Waals surface area contributed by atoms with E-state index in [0.29, 0.717) is 26.1 Å². The molecule has 92 valence electrons. The lowest BCUT2D eigenvalue weighted by atomic mass is 10.2. The van der Waals surface area contributed by atoms with E-state index in [1.807, 2.05) is 6.92 Å². The van der Waals surface area contributed by atoms with Gasteiger partial charge in [-0.1, -0.05) is 13.3 Å². The lowest BCUT2D eigenvalue weighted by Gasteiger charge is -2.31. The van der Waals surface area contributed by atoms with E-state index in [0.717, 1.165) is 12.8 Å². The Morgan fingerprint density at radius 3 is 2.88 bits per heavy atom. The topological polar surface area (TPSA) is 55.8 Å². The van der Waals surface area contributed by atoms with Crippen molar-refractivity contribution >= 4 is 11.9 Å². The molecule has 1 atom stereocenters. The zero-order valence-electron chi connectivity index (χ0n) is 9.90. The summed E-state index contributed by atoms with van der Waals surface area (Å²) in [7, 11) is 1.32. The zero-order valence-corrected chi connectivity index (χ0v) is 9.90. The maximum Gasteiger partial charge on any atom is 0.336 e. The molecule has 0 N–H and O–H groups in total. The summed E-state index contributed by atoms with van der Waals surface area (Å²) in [5.74, 6) is -0.313. The number of hydrogen-bond donors (Lipinski definition) is 0. The van der Waals surface area contributed by atoms with Gasteiger partial charge in [-0.25, -0.2) is 4.79 Å². The van der Waals surface area contributed by atoms with Gasteiger partial charge in [0.25, 0.3) is 0 Å². The predicted molar refractivity (Wildman–Crippen MR) is 57.9 cm³/mol. The van der Waals surface area contributed by atoms with Crippen LogP contribution in [0.4, 0.5) is 0 Å². The fourth-order valence-corrected chi connectivity index (χ4v) is 1.64. The molecule has 1 heterocycles. The summed E-state index contributed by atoms with van der Waals surface area (Å²) in [4.78, 5) is 24.7. The molecule has 5 heteroatoms. The first-order valence-corrected chi connectivity index (χ1v) is 5.66. The minimum Gasteiger partial charge on any atom is -0.467 e. The minimum atomic E-state index is -0.621. The van der Waals surface area contributed by atoms with Crippen LogP contribution in [0, 0.1) is 0 Å². The molecule has 1 unspecified atom stereocenters. The van der Waals surface area contributed by atoms with Crippen LogP contribution in [0.2, 0.25) is 0 Å². The Balaban J connectivity index is 2.43. The van der Waals surface area contributed by atoms with Gasteiger partial charge in [0.2, 0.25) is 5.91 Å². The van der Waals surface area contributed by atoms with Crippen LogP contribution in [-0.4, -0.2) is 49.7 Å². The third kappa shape index (κ3) is 3.48. The third-order valence-electron chi connectivity index (χ3n) is 2.63. The molecular weight excluding hydrogens is 210 g/mol. The van der Waals surface area contributed by atoms with Gasteiger partial charge in [0.15, 0.2) is 6.10 Å². The van der Waals surface area contributed by atoms with E-state index in [4.69, 9.17) is 4.74 Å². The predicted octanol–water partition coefficient (Wildman–Crippen LogP) is 0.577. The molecule has 0 spiro atoms.